The highest BCUT2D eigenvalue weighted by Crippen LogP contribution is 2.40. The maximum Gasteiger partial charge on any atom is 0.402 e. The molecule has 1 saturated carbocycles. The van der Waals surface area contributed by atoms with Crippen molar-refractivity contribution in [2.45, 2.75) is 49.6 Å². The first kappa shape index (κ1) is 12.5. The van der Waals surface area contributed by atoms with E-state index in [1.807, 2.05) is 0 Å². The highest BCUT2D eigenvalue weighted by atomic mass is 32.2. The van der Waals surface area contributed by atoms with Gasteiger partial charge in [0.2, 0.25) is 0 Å². The normalized spacial score (nSPS) is 28.8. The fourth-order valence-electron chi connectivity index (χ4n) is 2.34. The zero-order chi connectivity index (χ0) is 11.8. The Bertz CT molecular complexity index is 274. The summed E-state index contributed by atoms with van der Waals surface area (Å²) in [7, 11) is 0. The number of thiocarbonyl (C=S) groups is 1. The van der Waals surface area contributed by atoms with E-state index in [2.05, 4.69) is 0 Å². The molecule has 0 aromatic carbocycles. The SMILES string of the molecule is FC(F)(F)[C@@H]1CN(C2CCCCC2)C(=S)S1. The maximum absolute atomic E-state index is 12.6. The van der Waals surface area contributed by atoms with Gasteiger partial charge >= 0.3 is 6.18 Å². The Morgan fingerprint density at radius 2 is 1.81 bits per heavy atom. The molecule has 2 rings (SSSR count). The van der Waals surface area contributed by atoms with Crippen LogP contribution in [-0.2, 0) is 0 Å². The van der Waals surface area contributed by atoms with Crippen LogP contribution in [0.3, 0.4) is 0 Å². The molecular weight excluding hydrogens is 255 g/mol. The van der Waals surface area contributed by atoms with E-state index in [4.69, 9.17) is 12.2 Å². The van der Waals surface area contributed by atoms with E-state index in [1.165, 1.54) is 6.42 Å². The summed E-state index contributed by atoms with van der Waals surface area (Å²) in [6.07, 6.45) is 1.29. The molecule has 1 saturated heterocycles. The Kier molecular flexibility index (Phi) is 3.69. The molecule has 0 bridgehead atoms. The maximum atomic E-state index is 12.6. The van der Waals surface area contributed by atoms with E-state index < -0.39 is 11.4 Å². The highest BCUT2D eigenvalue weighted by molar-refractivity contribution is 8.23. The number of halogens is 3. The third-order valence-electron chi connectivity index (χ3n) is 3.22. The van der Waals surface area contributed by atoms with Crippen molar-refractivity contribution >= 4 is 28.3 Å². The second kappa shape index (κ2) is 4.72. The molecule has 6 heteroatoms. The lowest BCUT2D eigenvalue weighted by Crippen LogP contribution is -2.39. The second-order valence-corrected chi connectivity index (χ2v) is 6.19. The van der Waals surface area contributed by atoms with Gasteiger partial charge in [0, 0.05) is 12.6 Å². The van der Waals surface area contributed by atoms with Crippen LogP contribution in [0.2, 0.25) is 0 Å². The minimum absolute atomic E-state index is 0.0532. The van der Waals surface area contributed by atoms with Crippen LogP contribution in [0.1, 0.15) is 32.1 Å². The van der Waals surface area contributed by atoms with Crippen molar-refractivity contribution in [1.82, 2.24) is 4.90 Å². The molecule has 1 heterocycles. The van der Waals surface area contributed by atoms with Crippen LogP contribution in [0, 0.1) is 0 Å². The van der Waals surface area contributed by atoms with Crippen LogP contribution in [0.4, 0.5) is 13.2 Å². The number of nitrogens with zero attached hydrogens (tertiary/aromatic N) is 1. The van der Waals surface area contributed by atoms with Crippen LogP contribution < -0.4 is 0 Å². The zero-order valence-electron chi connectivity index (χ0n) is 8.79. The molecule has 0 N–H and O–H groups in total. The van der Waals surface area contributed by atoms with E-state index in [-0.39, 0.29) is 12.6 Å². The number of thioether (sulfide) groups is 1. The van der Waals surface area contributed by atoms with Gasteiger partial charge < -0.3 is 4.90 Å². The summed E-state index contributed by atoms with van der Waals surface area (Å²) in [5.74, 6) is 0. The van der Waals surface area contributed by atoms with Gasteiger partial charge in [0.15, 0.2) is 0 Å². The first-order valence-electron chi connectivity index (χ1n) is 5.52. The van der Waals surface area contributed by atoms with Crippen LogP contribution in [0.15, 0.2) is 0 Å². The Morgan fingerprint density at radius 3 is 2.31 bits per heavy atom. The first-order chi connectivity index (χ1) is 7.48. The van der Waals surface area contributed by atoms with Gasteiger partial charge in [-0.1, -0.05) is 43.2 Å². The van der Waals surface area contributed by atoms with Gasteiger partial charge in [-0.2, -0.15) is 13.2 Å². The van der Waals surface area contributed by atoms with Gasteiger partial charge in [-0.15, -0.1) is 0 Å². The van der Waals surface area contributed by atoms with Crippen molar-refractivity contribution in [3.05, 3.63) is 0 Å². The largest absolute Gasteiger partial charge is 0.402 e. The van der Waals surface area contributed by atoms with Crippen molar-refractivity contribution in [3.63, 3.8) is 0 Å². The predicted octanol–water partition coefficient (Wildman–Crippen LogP) is 3.58. The van der Waals surface area contributed by atoms with Crippen molar-refractivity contribution in [3.8, 4) is 0 Å². The van der Waals surface area contributed by atoms with Gasteiger partial charge in [0.25, 0.3) is 0 Å². The lowest BCUT2D eigenvalue weighted by molar-refractivity contribution is -0.129. The predicted molar refractivity (Wildman–Crippen MR) is 63.6 cm³/mol. The smallest absolute Gasteiger partial charge is 0.353 e. The van der Waals surface area contributed by atoms with Crippen molar-refractivity contribution in [2.24, 2.45) is 0 Å². The lowest BCUT2D eigenvalue weighted by atomic mass is 9.94. The van der Waals surface area contributed by atoms with Gasteiger partial charge in [0.1, 0.15) is 9.57 Å². The molecule has 1 aliphatic heterocycles. The highest BCUT2D eigenvalue weighted by Gasteiger charge is 2.47. The molecule has 2 aliphatic rings. The first-order valence-corrected chi connectivity index (χ1v) is 6.81. The molecule has 1 atom stereocenters. The summed E-state index contributed by atoms with van der Waals surface area (Å²) in [6.45, 7) is 0.0532. The van der Waals surface area contributed by atoms with Crippen molar-refractivity contribution in [2.75, 3.05) is 6.54 Å². The molecule has 0 amide bonds. The molecule has 0 unspecified atom stereocenters. The molecule has 1 aliphatic carbocycles. The second-order valence-electron chi connectivity index (χ2n) is 4.36. The third-order valence-corrected chi connectivity index (χ3v) is 4.88. The lowest BCUT2D eigenvalue weighted by Gasteiger charge is -2.32. The van der Waals surface area contributed by atoms with E-state index in [0.717, 1.165) is 37.4 Å². The number of hydrogen-bond acceptors (Lipinski definition) is 2. The van der Waals surface area contributed by atoms with Crippen LogP contribution in [0.5, 0.6) is 0 Å². The molecule has 92 valence electrons. The molecule has 0 aromatic heterocycles. The minimum Gasteiger partial charge on any atom is -0.353 e. The summed E-state index contributed by atoms with van der Waals surface area (Å²) in [5, 5.41) is -1.32. The summed E-state index contributed by atoms with van der Waals surface area (Å²) < 4.78 is 38.1. The van der Waals surface area contributed by atoms with Crippen LogP contribution >= 0.6 is 24.0 Å². The van der Waals surface area contributed by atoms with Gasteiger partial charge in [-0.05, 0) is 12.8 Å². The zero-order valence-corrected chi connectivity index (χ0v) is 10.4. The Balaban J connectivity index is 1.99. The van der Waals surface area contributed by atoms with E-state index >= 15 is 0 Å². The Hall–Kier alpha value is 0.0300. The van der Waals surface area contributed by atoms with Crippen molar-refractivity contribution in [1.29, 1.82) is 0 Å². The average molecular weight is 269 g/mol. The monoisotopic (exact) mass is 269 g/mol. The number of hydrogen-bond donors (Lipinski definition) is 0. The average Bonchev–Trinajstić information content (AvgIpc) is 2.61. The molecular formula is C10H14F3NS2. The summed E-state index contributed by atoms with van der Waals surface area (Å²) >= 11 is 5.86. The van der Waals surface area contributed by atoms with Crippen LogP contribution in [-0.4, -0.2) is 33.2 Å². The Morgan fingerprint density at radius 1 is 1.19 bits per heavy atom. The molecule has 16 heavy (non-hydrogen) atoms. The fourth-order valence-corrected chi connectivity index (χ4v) is 3.88. The molecule has 0 spiro atoms. The van der Waals surface area contributed by atoms with E-state index in [9.17, 15) is 13.2 Å². The summed E-state index contributed by atoms with van der Waals surface area (Å²) in [4.78, 5) is 1.80. The van der Waals surface area contributed by atoms with Crippen molar-refractivity contribution < 1.29 is 13.2 Å². The number of alkyl halides is 3. The molecule has 0 aromatic rings. The fraction of sp³-hybridized carbons (Fsp3) is 0.900. The van der Waals surface area contributed by atoms with E-state index in [1.54, 1.807) is 4.90 Å². The minimum atomic E-state index is -4.13. The summed E-state index contributed by atoms with van der Waals surface area (Å²) in [5.41, 5.74) is 0. The van der Waals surface area contributed by atoms with E-state index in [0.29, 0.717) is 4.32 Å². The molecule has 2 fully saturated rings. The molecule has 0 radical (unpaired) electrons. The third kappa shape index (κ3) is 2.64. The van der Waals surface area contributed by atoms with Crippen LogP contribution in [0.25, 0.3) is 0 Å². The summed E-state index contributed by atoms with van der Waals surface area (Å²) in [6, 6.07) is 0.251. The topological polar surface area (TPSA) is 3.24 Å². The van der Waals surface area contributed by atoms with Gasteiger partial charge in [-0.25, -0.2) is 0 Å². The number of rotatable bonds is 1. The van der Waals surface area contributed by atoms with Gasteiger partial charge in [0.05, 0.1) is 0 Å². The molecule has 1 nitrogen and oxygen atoms in total. The van der Waals surface area contributed by atoms with Gasteiger partial charge in [-0.3, -0.25) is 0 Å². The standard InChI is InChI=1S/C10H14F3NS2/c11-10(12,13)8-6-14(9(15)16-8)7-4-2-1-3-5-7/h7-8H,1-6H2/t8-/m0/s1. The quantitative estimate of drug-likeness (QED) is 0.670. The Labute approximate surface area is 103 Å².